The molecule has 2 saturated heterocycles. The van der Waals surface area contributed by atoms with E-state index in [2.05, 4.69) is 61.8 Å². The SMILES string of the molecule is CC(C)c1ccccc1N1CCN(CC[C@@H]2OC(=O)CC2(C)C)CC1. The summed E-state index contributed by atoms with van der Waals surface area (Å²) >= 11 is 0. The Labute approximate surface area is 152 Å². The molecule has 25 heavy (non-hydrogen) atoms. The van der Waals surface area contributed by atoms with Gasteiger partial charge in [-0.05, 0) is 24.0 Å². The van der Waals surface area contributed by atoms with Crippen LogP contribution in [-0.2, 0) is 9.53 Å². The Bertz CT molecular complexity index is 604. The van der Waals surface area contributed by atoms with Crippen LogP contribution < -0.4 is 4.90 Å². The second kappa shape index (κ2) is 7.36. The van der Waals surface area contributed by atoms with Crippen LogP contribution in [0.2, 0.25) is 0 Å². The van der Waals surface area contributed by atoms with Gasteiger partial charge in [0.1, 0.15) is 6.10 Å². The van der Waals surface area contributed by atoms with Crippen molar-refractivity contribution in [1.82, 2.24) is 4.90 Å². The van der Waals surface area contributed by atoms with E-state index in [1.54, 1.807) is 0 Å². The third-order valence-electron chi connectivity index (χ3n) is 5.72. The fraction of sp³-hybridized carbons (Fsp3) is 0.667. The predicted molar refractivity (Wildman–Crippen MR) is 102 cm³/mol. The zero-order valence-electron chi connectivity index (χ0n) is 16.1. The molecule has 0 radical (unpaired) electrons. The maximum atomic E-state index is 11.6. The highest BCUT2D eigenvalue weighted by Crippen LogP contribution is 2.36. The molecule has 4 heteroatoms. The molecule has 138 valence electrons. The molecule has 2 fully saturated rings. The quantitative estimate of drug-likeness (QED) is 0.763. The second-order valence-corrected chi connectivity index (χ2v) is 8.47. The van der Waals surface area contributed by atoms with E-state index in [1.165, 1.54) is 11.3 Å². The van der Waals surface area contributed by atoms with Gasteiger partial charge < -0.3 is 9.64 Å². The van der Waals surface area contributed by atoms with Crippen LogP contribution in [0.3, 0.4) is 0 Å². The van der Waals surface area contributed by atoms with Crippen LogP contribution in [0.5, 0.6) is 0 Å². The molecule has 0 aliphatic carbocycles. The van der Waals surface area contributed by atoms with Crippen molar-refractivity contribution in [3.05, 3.63) is 29.8 Å². The normalized spacial score (nSPS) is 24.0. The third-order valence-corrected chi connectivity index (χ3v) is 5.72. The van der Waals surface area contributed by atoms with Crippen molar-refractivity contribution < 1.29 is 9.53 Å². The van der Waals surface area contributed by atoms with Crippen LogP contribution in [-0.4, -0.2) is 49.7 Å². The fourth-order valence-corrected chi connectivity index (χ4v) is 4.07. The molecular weight excluding hydrogens is 312 g/mol. The number of hydrogen-bond donors (Lipinski definition) is 0. The zero-order chi connectivity index (χ0) is 18.0. The number of carbonyl (C=O) groups excluding carboxylic acids is 1. The minimum atomic E-state index is -0.0369. The number of rotatable bonds is 5. The van der Waals surface area contributed by atoms with Gasteiger partial charge in [-0.1, -0.05) is 45.9 Å². The van der Waals surface area contributed by atoms with Crippen molar-refractivity contribution in [3.8, 4) is 0 Å². The number of esters is 1. The van der Waals surface area contributed by atoms with Crippen molar-refractivity contribution in [2.24, 2.45) is 5.41 Å². The average Bonchev–Trinajstić information content (AvgIpc) is 2.85. The summed E-state index contributed by atoms with van der Waals surface area (Å²) in [6.45, 7) is 14.1. The van der Waals surface area contributed by atoms with Gasteiger partial charge in [-0.2, -0.15) is 0 Å². The van der Waals surface area contributed by atoms with Crippen LogP contribution in [0.1, 0.15) is 52.0 Å². The molecule has 1 aromatic carbocycles. The lowest BCUT2D eigenvalue weighted by Crippen LogP contribution is -2.47. The van der Waals surface area contributed by atoms with E-state index in [-0.39, 0.29) is 17.5 Å². The standard InChI is InChI=1S/C21H32N2O2/c1-16(2)17-7-5-6-8-18(17)23-13-11-22(12-14-23)10-9-19-21(3,4)15-20(24)25-19/h5-8,16,19H,9-15H2,1-4H3/t19-/m0/s1. The monoisotopic (exact) mass is 344 g/mol. The summed E-state index contributed by atoms with van der Waals surface area (Å²) in [7, 11) is 0. The van der Waals surface area contributed by atoms with Crippen molar-refractivity contribution >= 4 is 11.7 Å². The Morgan fingerprint density at radius 2 is 1.84 bits per heavy atom. The van der Waals surface area contributed by atoms with Crippen molar-refractivity contribution in [2.45, 2.75) is 52.6 Å². The number of carbonyl (C=O) groups is 1. The molecule has 4 nitrogen and oxygen atoms in total. The van der Waals surface area contributed by atoms with E-state index in [1.807, 2.05) is 0 Å². The number of piperazine rings is 1. The van der Waals surface area contributed by atoms with E-state index in [0.29, 0.717) is 12.3 Å². The minimum absolute atomic E-state index is 0.0187. The first kappa shape index (κ1) is 18.2. The smallest absolute Gasteiger partial charge is 0.306 e. The molecule has 0 unspecified atom stereocenters. The van der Waals surface area contributed by atoms with Crippen LogP contribution >= 0.6 is 0 Å². The van der Waals surface area contributed by atoms with E-state index >= 15 is 0 Å². The van der Waals surface area contributed by atoms with Crippen molar-refractivity contribution in [2.75, 3.05) is 37.6 Å². The lowest BCUT2D eigenvalue weighted by molar-refractivity contribution is -0.142. The summed E-state index contributed by atoms with van der Waals surface area (Å²) in [4.78, 5) is 16.6. The average molecular weight is 344 g/mol. The highest BCUT2D eigenvalue weighted by Gasteiger charge is 2.41. The van der Waals surface area contributed by atoms with Crippen molar-refractivity contribution in [3.63, 3.8) is 0 Å². The highest BCUT2D eigenvalue weighted by atomic mass is 16.6. The molecule has 0 amide bonds. The number of anilines is 1. The number of hydrogen-bond acceptors (Lipinski definition) is 4. The zero-order valence-corrected chi connectivity index (χ0v) is 16.1. The summed E-state index contributed by atoms with van der Waals surface area (Å²) < 4.78 is 5.52. The lowest BCUT2D eigenvalue weighted by Gasteiger charge is -2.38. The summed E-state index contributed by atoms with van der Waals surface area (Å²) in [5.41, 5.74) is 2.81. The maximum Gasteiger partial charge on any atom is 0.306 e. The minimum Gasteiger partial charge on any atom is -0.462 e. The first-order chi connectivity index (χ1) is 11.9. The molecule has 2 heterocycles. The van der Waals surface area contributed by atoms with Gasteiger partial charge in [0.05, 0.1) is 6.42 Å². The van der Waals surface area contributed by atoms with Gasteiger partial charge in [0.25, 0.3) is 0 Å². The van der Waals surface area contributed by atoms with Gasteiger partial charge in [-0.3, -0.25) is 9.69 Å². The summed E-state index contributed by atoms with van der Waals surface area (Å²) in [6.07, 6.45) is 1.57. The molecule has 3 rings (SSSR count). The molecule has 0 aromatic heterocycles. The van der Waals surface area contributed by atoms with Crippen molar-refractivity contribution in [1.29, 1.82) is 0 Å². The Kier molecular flexibility index (Phi) is 5.38. The second-order valence-electron chi connectivity index (χ2n) is 8.47. The van der Waals surface area contributed by atoms with Gasteiger partial charge in [0, 0.05) is 43.8 Å². The molecule has 0 saturated carbocycles. The summed E-state index contributed by atoms with van der Waals surface area (Å²) in [6, 6.07) is 8.79. The molecule has 0 bridgehead atoms. The molecule has 1 aromatic rings. The predicted octanol–water partition coefficient (Wildman–Crippen LogP) is 3.66. The van der Waals surface area contributed by atoms with Crippen LogP contribution in [0.15, 0.2) is 24.3 Å². The number of para-hydroxylation sites is 1. The van der Waals surface area contributed by atoms with E-state index < -0.39 is 0 Å². The highest BCUT2D eigenvalue weighted by molar-refractivity contribution is 5.72. The lowest BCUT2D eigenvalue weighted by atomic mass is 9.84. The molecule has 2 aliphatic rings. The van der Waals surface area contributed by atoms with Crippen LogP contribution in [0, 0.1) is 5.41 Å². The Balaban J connectivity index is 1.52. The van der Waals surface area contributed by atoms with Crippen LogP contribution in [0.25, 0.3) is 0 Å². The Morgan fingerprint density at radius 1 is 1.16 bits per heavy atom. The topological polar surface area (TPSA) is 32.8 Å². The summed E-state index contributed by atoms with van der Waals surface area (Å²) in [5.74, 6) is 0.513. The first-order valence-corrected chi connectivity index (χ1v) is 9.62. The first-order valence-electron chi connectivity index (χ1n) is 9.62. The molecule has 0 N–H and O–H groups in total. The molecule has 2 aliphatic heterocycles. The van der Waals surface area contributed by atoms with Gasteiger partial charge in [-0.25, -0.2) is 0 Å². The Morgan fingerprint density at radius 3 is 2.44 bits per heavy atom. The summed E-state index contributed by atoms with van der Waals surface area (Å²) in [5, 5.41) is 0. The number of cyclic esters (lactones) is 1. The van der Waals surface area contributed by atoms with Gasteiger partial charge in [-0.15, -0.1) is 0 Å². The number of nitrogens with zero attached hydrogens (tertiary/aromatic N) is 2. The number of ether oxygens (including phenoxy) is 1. The number of benzene rings is 1. The maximum absolute atomic E-state index is 11.6. The largest absolute Gasteiger partial charge is 0.462 e. The van der Waals surface area contributed by atoms with E-state index in [0.717, 1.165) is 39.1 Å². The van der Waals surface area contributed by atoms with E-state index in [4.69, 9.17) is 4.74 Å². The van der Waals surface area contributed by atoms with Gasteiger partial charge >= 0.3 is 5.97 Å². The fourth-order valence-electron chi connectivity index (χ4n) is 4.07. The molecule has 0 spiro atoms. The van der Waals surface area contributed by atoms with Gasteiger partial charge in [0.15, 0.2) is 0 Å². The molecular formula is C21H32N2O2. The third kappa shape index (κ3) is 4.17. The molecule has 1 atom stereocenters. The van der Waals surface area contributed by atoms with Crippen LogP contribution in [0.4, 0.5) is 5.69 Å². The van der Waals surface area contributed by atoms with E-state index in [9.17, 15) is 4.79 Å². The Hall–Kier alpha value is -1.55. The van der Waals surface area contributed by atoms with Gasteiger partial charge in [0.2, 0.25) is 0 Å².